The van der Waals surface area contributed by atoms with E-state index in [9.17, 15) is 13.2 Å². The van der Waals surface area contributed by atoms with Gasteiger partial charge in [0.15, 0.2) is 11.5 Å². The van der Waals surface area contributed by atoms with Gasteiger partial charge in [0.2, 0.25) is 0 Å². The summed E-state index contributed by atoms with van der Waals surface area (Å²) in [5.74, 6) is 0.0123. The quantitative estimate of drug-likeness (QED) is 0.849. The molecule has 3 N–H and O–H groups in total. The molecule has 1 aliphatic heterocycles. The van der Waals surface area contributed by atoms with Crippen LogP contribution in [0.15, 0.2) is 18.3 Å². The molecule has 8 heteroatoms. The lowest BCUT2D eigenvalue weighted by molar-refractivity contribution is -0.139. The first kappa shape index (κ1) is 13.6. The molecule has 0 radical (unpaired) electrons. The third-order valence-corrected chi connectivity index (χ3v) is 3.16. The number of aromatic nitrogens is 2. The molecule has 0 amide bonds. The van der Waals surface area contributed by atoms with Crippen molar-refractivity contribution in [2.75, 3.05) is 18.9 Å². The molecule has 0 atom stereocenters. The van der Waals surface area contributed by atoms with E-state index in [1.807, 2.05) is 0 Å². The summed E-state index contributed by atoms with van der Waals surface area (Å²) in [4.78, 5) is 0. The Balaban J connectivity index is 2.22. The van der Waals surface area contributed by atoms with E-state index < -0.39 is 11.7 Å². The van der Waals surface area contributed by atoms with E-state index in [0.717, 1.165) is 6.07 Å². The molecule has 21 heavy (non-hydrogen) atoms. The minimum absolute atomic E-state index is 0.0513. The van der Waals surface area contributed by atoms with Crippen molar-refractivity contribution >= 4 is 5.82 Å². The summed E-state index contributed by atoms with van der Waals surface area (Å²) in [6.07, 6.45) is -2.57. The molecule has 5 nitrogen and oxygen atoms in total. The number of halogens is 3. The van der Waals surface area contributed by atoms with E-state index >= 15 is 0 Å². The van der Waals surface area contributed by atoms with E-state index in [1.165, 1.54) is 12.3 Å². The number of hydrogen-bond acceptors (Lipinski definition) is 4. The van der Waals surface area contributed by atoms with Gasteiger partial charge in [0.1, 0.15) is 11.4 Å². The number of nitrogens with two attached hydrogens (primary N) is 1. The third-order valence-electron chi connectivity index (χ3n) is 3.16. The zero-order chi connectivity index (χ0) is 15.0. The van der Waals surface area contributed by atoms with Gasteiger partial charge in [0, 0.05) is 17.5 Å². The number of nitrogens with one attached hydrogen (secondary N) is 1. The Labute approximate surface area is 117 Å². The Kier molecular flexibility index (Phi) is 3.15. The van der Waals surface area contributed by atoms with E-state index in [2.05, 4.69) is 10.2 Å². The van der Waals surface area contributed by atoms with Gasteiger partial charge in [-0.1, -0.05) is 0 Å². The maximum Gasteiger partial charge on any atom is 0.420 e. The minimum Gasteiger partial charge on any atom is -0.489 e. The lowest BCUT2D eigenvalue weighted by atomic mass is 10.0. The highest BCUT2D eigenvalue weighted by Crippen LogP contribution is 2.48. The SMILES string of the molecule is Nc1[nH]ncc1-c1ccc(C(F)(F)F)c2c1OCCCO2. The number of H-pyrrole nitrogens is 1. The minimum atomic E-state index is -4.52. The Hall–Kier alpha value is -2.38. The number of alkyl halides is 3. The molecule has 2 aromatic rings. The van der Waals surface area contributed by atoms with E-state index in [1.54, 1.807) is 0 Å². The van der Waals surface area contributed by atoms with Crippen LogP contribution in [0.4, 0.5) is 19.0 Å². The first-order valence-corrected chi connectivity index (χ1v) is 6.27. The Morgan fingerprint density at radius 2 is 1.81 bits per heavy atom. The summed E-state index contributed by atoms with van der Waals surface area (Å²) in [6.45, 7) is 0.444. The molecule has 112 valence electrons. The van der Waals surface area contributed by atoms with E-state index in [-0.39, 0.29) is 30.5 Å². The smallest absolute Gasteiger partial charge is 0.420 e. The van der Waals surface area contributed by atoms with Crippen LogP contribution in [0.2, 0.25) is 0 Å². The molecule has 3 rings (SSSR count). The summed E-state index contributed by atoms with van der Waals surface area (Å²) < 4.78 is 50.0. The lowest BCUT2D eigenvalue weighted by Gasteiger charge is -2.17. The molecule has 0 fully saturated rings. The number of benzene rings is 1. The zero-order valence-electron chi connectivity index (χ0n) is 10.8. The fraction of sp³-hybridized carbons (Fsp3) is 0.308. The molecule has 2 heterocycles. The van der Waals surface area contributed by atoms with Gasteiger partial charge < -0.3 is 15.2 Å². The van der Waals surface area contributed by atoms with Gasteiger partial charge in [-0.3, -0.25) is 5.10 Å². The predicted molar refractivity (Wildman–Crippen MR) is 69.0 cm³/mol. The zero-order valence-corrected chi connectivity index (χ0v) is 10.8. The normalized spacial score (nSPS) is 14.8. The fourth-order valence-corrected chi connectivity index (χ4v) is 2.20. The van der Waals surface area contributed by atoms with Gasteiger partial charge in [-0.15, -0.1) is 0 Å². The van der Waals surface area contributed by atoms with Crippen LogP contribution in [0, 0.1) is 0 Å². The van der Waals surface area contributed by atoms with Crippen LogP contribution in [0.3, 0.4) is 0 Å². The summed E-state index contributed by atoms with van der Waals surface area (Å²) in [5.41, 5.74) is 5.78. The van der Waals surface area contributed by atoms with Gasteiger partial charge in [0.25, 0.3) is 0 Å². The number of hydrogen-bond donors (Lipinski definition) is 2. The third kappa shape index (κ3) is 2.37. The number of aromatic amines is 1. The molecule has 0 spiro atoms. The van der Waals surface area contributed by atoms with Crippen molar-refractivity contribution in [1.82, 2.24) is 10.2 Å². The van der Waals surface area contributed by atoms with Crippen LogP contribution in [0.1, 0.15) is 12.0 Å². The Morgan fingerprint density at radius 3 is 2.43 bits per heavy atom. The summed E-state index contributed by atoms with van der Waals surface area (Å²) in [5, 5.41) is 6.32. The van der Waals surface area contributed by atoms with Crippen LogP contribution in [-0.2, 0) is 6.18 Å². The van der Waals surface area contributed by atoms with Crippen LogP contribution >= 0.6 is 0 Å². The standard InChI is InChI=1S/C13H12F3N3O2/c14-13(15,16)9-3-2-7(8-6-18-19-12(8)17)10-11(9)21-5-1-4-20-10/h2-3,6H,1,4-5H2,(H3,17,18,19). The first-order chi connectivity index (χ1) is 9.98. The highest BCUT2D eigenvalue weighted by molar-refractivity contribution is 5.81. The van der Waals surface area contributed by atoms with Crippen LogP contribution in [0.5, 0.6) is 11.5 Å². The van der Waals surface area contributed by atoms with Gasteiger partial charge in [-0.2, -0.15) is 18.3 Å². The van der Waals surface area contributed by atoms with Crippen molar-refractivity contribution < 1.29 is 22.6 Å². The highest BCUT2D eigenvalue weighted by atomic mass is 19.4. The second kappa shape index (κ2) is 4.87. The van der Waals surface area contributed by atoms with E-state index in [4.69, 9.17) is 15.2 Å². The van der Waals surface area contributed by atoms with Crippen LogP contribution in [0.25, 0.3) is 11.1 Å². The number of rotatable bonds is 1. The molecule has 0 saturated carbocycles. The molecular formula is C13H12F3N3O2. The second-order valence-corrected chi connectivity index (χ2v) is 4.56. The van der Waals surface area contributed by atoms with Gasteiger partial charge in [0.05, 0.1) is 19.4 Å². The van der Waals surface area contributed by atoms with Crippen molar-refractivity contribution in [2.24, 2.45) is 0 Å². The largest absolute Gasteiger partial charge is 0.489 e. The molecule has 0 saturated heterocycles. The van der Waals surface area contributed by atoms with Crippen molar-refractivity contribution in [3.05, 3.63) is 23.9 Å². The number of nitrogen functional groups attached to an aromatic ring is 1. The van der Waals surface area contributed by atoms with Crippen molar-refractivity contribution in [2.45, 2.75) is 12.6 Å². The molecule has 0 unspecified atom stereocenters. The van der Waals surface area contributed by atoms with Gasteiger partial charge in [-0.25, -0.2) is 0 Å². The maximum absolute atomic E-state index is 13.1. The number of fused-ring (bicyclic) bond motifs is 1. The number of nitrogens with zero attached hydrogens (tertiary/aromatic N) is 1. The van der Waals surface area contributed by atoms with Crippen molar-refractivity contribution in [3.63, 3.8) is 0 Å². The van der Waals surface area contributed by atoms with Crippen LogP contribution in [-0.4, -0.2) is 23.4 Å². The number of ether oxygens (including phenoxy) is 2. The molecule has 0 aliphatic carbocycles. The lowest BCUT2D eigenvalue weighted by Crippen LogP contribution is -2.09. The molecule has 0 bridgehead atoms. The van der Waals surface area contributed by atoms with Crippen molar-refractivity contribution in [1.29, 1.82) is 0 Å². The van der Waals surface area contributed by atoms with Gasteiger partial charge in [-0.05, 0) is 12.1 Å². The summed E-state index contributed by atoms with van der Waals surface area (Å²) in [6, 6.07) is 2.28. The maximum atomic E-state index is 13.1. The summed E-state index contributed by atoms with van der Waals surface area (Å²) in [7, 11) is 0. The highest BCUT2D eigenvalue weighted by Gasteiger charge is 2.37. The molecular weight excluding hydrogens is 287 g/mol. The average Bonchev–Trinajstić information content (AvgIpc) is 2.70. The average molecular weight is 299 g/mol. The van der Waals surface area contributed by atoms with Crippen LogP contribution < -0.4 is 15.2 Å². The molecule has 1 aromatic heterocycles. The molecule has 1 aliphatic rings. The molecule has 1 aromatic carbocycles. The second-order valence-electron chi connectivity index (χ2n) is 4.56. The van der Waals surface area contributed by atoms with E-state index in [0.29, 0.717) is 17.5 Å². The van der Waals surface area contributed by atoms with Crippen molar-refractivity contribution in [3.8, 4) is 22.6 Å². The number of anilines is 1. The predicted octanol–water partition coefficient (Wildman–Crippen LogP) is 2.84. The Bertz CT molecular complexity index is 667. The Morgan fingerprint density at radius 1 is 1.10 bits per heavy atom. The first-order valence-electron chi connectivity index (χ1n) is 6.27. The fourth-order valence-electron chi connectivity index (χ4n) is 2.20. The topological polar surface area (TPSA) is 73.2 Å². The monoisotopic (exact) mass is 299 g/mol. The van der Waals surface area contributed by atoms with Gasteiger partial charge >= 0.3 is 6.18 Å². The summed E-state index contributed by atoms with van der Waals surface area (Å²) >= 11 is 0.